The lowest BCUT2D eigenvalue weighted by Gasteiger charge is -2.29. The lowest BCUT2D eigenvalue weighted by molar-refractivity contribution is -0.0706. The fourth-order valence-corrected chi connectivity index (χ4v) is 3.78. The van der Waals surface area contributed by atoms with Crippen molar-refractivity contribution in [3.8, 4) is 5.75 Å². The van der Waals surface area contributed by atoms with Crippen LogP contribution in [0.5, 0.6) is 5.75 Å². The van der Waals surface area contributed by atoms with Crippen LogP contribution in [0.4, 0.5) is 0 Å². The maximum atomic E-state index is 5.96. The van der Waals surface area contributed by atoms with Gasteiger partial charge in [0.2, 0.25) is 0 Å². The van der Waals surface area contributed by atoms with Gasteiger partial charge in [0, 0.05) is 0 Å². The van der Waals surface area contributed by atoms with Gasteiger partial charge in [0.25, 0.3) is 0 Å². The first-order chi connectivity index (χ1) is 12.7. The lowest BCUT2D eigenvalue weighted by atomic mass is 9.76. The summed E-state index contributed by atoms with van der Waals surface area (Å²) >= 11 is 0. The van der Waals surface area contributed by atoms with Crippen LogP contribution in [0.3, 0.4) is 0 Å². The average molecular weight is 377 g/mol. The van der Waals surface area contributed by atoms with Crippen molar-refractivity contribution in [3.63, 3.8) is 0 Å². The van der Waals surface area contributed by atoms with Crippen LogP contribution in [0.15, 0.2) is 24.3 Å². The zero-order valence-corrected chi connectivity index (χ0v) is 19.2. The molecule has 27 heavy (non-hydrogen) atoms. The molecule has 0 bridgehead atoms. The SMILES string of the molecule is CCCC(CC)CCOC(C)Oc1ccc(C(CC(C)(C)C)C(C)C)cc1. The zero-order chi connectivity index (χ0) is 20.4. The highest BCUT2D eigenvalue weighted by Gasteiger charge is 2.23. The van der Waals surface area contributed by atoms with Gasteiger partial charge in [0.15, 0.2) is 6.29 Å². The third-order valence-electron chi connectivity index (χ3n) is 5.40. The summed E-state index contributed by atoms with van der Waals surface area (Å²) in [6, 6.07) is 8.65. The standard InChI is InChI=1S/C25H44O2/c1-9-11-21(10-2)16-17-26-20(5)27-23-14-12-22(13-15-23)24(19(3)4)18-25(6,7)8/h12-15,19-21,24H,9-11,16-18H2,1-8H3. The molecule has 156 valence electrons. The largest absolute Gasteiger partial charge is 0.465 e. The Kier molecular flexibility index (Phi) is 10.4. The highest BCUT2D eigenvalue weighted by Crippen LogP contribution is 2.36. The molecule has 2 nitrogen and oxygen atoms in total. The van der Waals surface area contributed by atoms with Crippen LogP contribution in [-0.4, -0.2) is 12.9 Å². The maximum absolute atomic E-state index is 5.96. The van der Waals surface area contributed by atoms with E-state index in [1.807, 2.05) is 6.92 Å². The Morgan fingerprint density at radius 3 is 2.04 bits per heavy atom. The van der Waals surface area contributed by atoms with E-state index < -0.39 is 0 Å². The molecule has 0 saturated heterocycles. The van der Waals surface area contributed by atoms with Gasteiger partial charge in [-0.3, -0.25) is 0 Å². The van der Waals surface area contributed by atoms with Gasteiger partial charge in [0.05, 0.1) is 6.61 Å². The molecule has 0 spiro atoms. The zero-order valence-electron chi connectivity index (χ0n) is 19.2. The van der Waals surface area contributed by atoms with Crippen LogP contribution in [0.25, 0.3) is 0 Å². The molecule has 0 aromatic heterocycles. The first-order valence-corrected chi connectivity index (χ1v) is 11.0. The Morgan fingerprint density at radius 2 is 1.56 bits per heavy atom. The van der Waals surface area contributed by atoms with Crippen LogP contribution >= 0.6 is 0 Å². The Hall–Kier alpha value is -1.02. The molecule has 0 N–H and O–H groups in total. The van der Waals surface area contributed by atoms with Crippen LogP contribution in [0.1, 0.15) is 99.0 Å². The predicted molar refractivity (Wildman–Crippen MR) is 117 cm³/mol. The Balaban J connectivity index is 2.55. The molecule has 0 aliphatic heterocycles. The van der Waals surface area contributed by atoms with Crippen LogP contribution in [0, 0.1) is 17.3 Å². The molecule has 1 aromatic rings. The Labute approximate surface area is 169 Å². The maximum Gasteiger partial charge on any atom is 0.196 e. The van der Waals surface area contributed by atoms with E-state index in [4.69, 9.17) is 9.47 Å². The molecule has 0 radical (unpaired) electrons. The monoisotopic (exact) mass is 376 g/mol. The molecule has 0 amide bonds. The molecular weight excluding hydrogens is 332 g/mol. The molecule has 1 aromatic carbocycles. The second-order valence-electron chi connectivity index (χ2n) is 9.59. The minimum atomic E-state index is -0.203. The van der Waals surface area contributed by atoms with Crippen molar-refractivity contribution in [2.24, 2.45) is 17.3 Å². The van der Waals surface area contributed by atoms with Gasteiger partial charge in [0.1, 0.15) is 5.75 Å². The number of hydrogen-bond donors (Lipinski definition) is 0. The van der Waals surface area contributed by atoms with Gasteiger partial charge in [-0.25, -0.2) is 0 Å². The summed E-state index contributed by atoms with van der Waals surface area (Å²) in [6.07, 6.45) is 5.90. The van der Waals surface area contributed by atoms with E-state index in [1.54, 1.807) is 0 Å². The van der Waals surface area contributed by atoms with Crippen LogP contribution < -0.4 is 4.74 Å². The summed E-state index contributed by atoms with van der Waals surface area (Å²) in [6.45, 7) is 18.9. The normalized spacial score (nSPS) is 15.6. The van der Waals surface area contributed by atoms with Crippen LogP contribution in [0.2, 0.25) is 0 Å². The van der Waals surface area contributed by atoms with Gasteiger partial charge in [-0.05, 0) is 60.6 Å². The number of ether oxygens (including phenoxy) is 2. The fourth-order valence-electron chi connectivity index (χ4n) is 3.78. The van der Waals surface area contributed by atoms with Crippen molar-refractivity contribution < 1.29 is 9.47 Å². The molecule has 1 rings (SSSR count). The molecule has 3 unspecified atom stereocenters. The second kappa shape index (κ2) is 11.7. The van der Waals surface area contributed by atoms with Gasteiger partial charge in [-0.2, -0.15) is 0 Å². The predicted octanol–water partition coefficient (Wildman–Crippen LogP) is 7.82. The first kappa shape index (κ1) is 24.0. The van der Waals surface area contributed by atoms with E-state index in [0.29, 0.717) is 17.3 Å². The summed E-state index contributed by atoms with van der Waals surface area (Å²) in [5, 5.41) is 0. The summed E-state index contributed by atoms with van der Waals surface area (Å²) < 4.78 is 11.8. The van der Waals surface area contributed by atoms with E-state index in [0.717, 1.165) is 24.7 Å². The topological polar surface area (TPSA) is 18.5 Å². The average Bonchev–Trinajstić information content (AvgIpc) is 2.58. The highest BCUT2D eigenvalue weighted by molar-refractivity contribution is 5.30. The summed E-state index contributed by atoms with van der Waals surface area (Å²) in [5.41, 5.74) is 1.74. The number of benzene rings is 1. The molecule has 0 heterocycles. The molecule has 2 heteroatoms. The lowest BCUT2D eigenvalue weighted by Crippen LogP contribution is -2.18. The van der Waals surface area contributed by atoms with Gasteiger partial charge >= 0.3 is 0 Å². The molecule has 0 fully saturated rings. The van der Waals surface area contributed by atoms with Crippen molar-refractivity contribution in [2.75, 3.05) is 6.61 Å². The second-order valence-corrected chi connectivity index (χ2v) is 9.59. The number of hydrogen-bond acceptors (Lipinski definition) is 2. The quantitative estimate of drug-likeness (QED) is 0.346. The Bertz CT molecular complexity index is 498. The summed E-state index contributed by atoms with van der Waals surface area (Å²) in [7, 11) is 0. The summed E-state index contributed by atoms with van der Waals surface area (Å²) in [5.74, 6) is 2.88. The van der Waals surface area contributed by atoms with Gasteiger partial charge < -0.3 is 9.47 Å². The van der Waals surface area contributed by atoms with Crippen LogP contribution in [-0.2, 0) is 4.74 Å². The van der Waals surface area contributed by atoms with E-state index >= 15 is 0 Å². The van der Waals surface area contributed by atoms with E-state index in [2.05, 4.69) is 72.7 Å². The van der Waals surface area contributed by atoms with E-state index in [1.165, 1.54) is 31.2 Å². The molecule has 0 saturated carbocycles. The van der Waals surface area contributed by atoms with Crippen molar-refractivity contribution in [3.05, 3.63) is 29.8 Å². The fraction of sp³-hybridized carbons (Fsp3) is 0.760. The van der Waals surface area contributed by atoms with E-state index in [-0.39, 0.29) is 6.29 Å². The third kappa shape index (κ3) is 9.65. The molecule has 0 aliphatic rings. The minimum absolute atomic E-state index is 0.203. The van der Waals surface area contributed by atoms with Crippen molar-refractivity contribution >= 4 is 0 Å². The van der Waals surface area contributed by atoms with Crippen molar-refractivity contribution in [1.82, 2.24) is 0 Å². The third-order valence-corrected chi connectivity index (χ3v) is 5.40. The van der Waals surface area contributed by atoms with Gasteiger partial charge in [-0.1, -0.05) is 79.9 Å². The highest BCUT2D eigenvalue weighted by atomic mass is 16.7. The summed E-state index contributed by atoms with van der Waals surface area (Å²) in [4.78, 5) is 0. The first-order valence-electron chi connectivity index (χ1n) is 11.0. The molecule has 0 aliphatic carbocycles. The minimum Gasteiger partial charge on any atom is -0.465 e. The number of rotatable bonds is 12. The van der Waals surface area contributed by atoms with Crippen molar-refractivity contribution in [1.29, 1.82) is 0 Å². The molecular formula is C25H44O2. The van der Waals surface area contributed by atoms with Crippen molar-refractivity contribution in [2.45, 2.75) is 99.7 Å². The Morgan fingerprint density at radius 1 is 0.926 bits per heavy atom. The smallest absolute Gasteiger partial charge is 0.196 e. The van der Waals surface area contributed by atoms with Gasteiger partial charge in [-0.15, -0.1) is 0 Å². The van der Waals surface area contributed by atoms with E-state index in [9.17, 15) is 0 Å². The molecule has 3 atom stereocenters.